The van der Waals surface area contributed by atoms with E-state index < -0.39 is 0 Å². The van der Waals surface area contributed by atoms with Crippen molar-refractivity contribution in [3.63, 3.8) is 0 Å². The van der Waals surface area contributed by atoms with E-state index in [-0.39, 0.29) is 0 Å². The van der Waals surface area contributed by atoms with Gasteiger partial charge >= 0.3 is 0 Å². The van der Waals surface area contributed by atoms with E-state index in [9.17, 15) is 0 Å². The molecule has 2 N–H and O–H groups in total. The quantitative estimate of drug-likeness (QED) is 0.889. The maximum Gasteiger partial charge on any atom is 0.0314 e. The Balaban J connectivity index is 2.12. The monoisotopic (exact) mass is 301 g/mol. The highest BCUT2D eigenvalue weighted by Crippen LogP contribution is 2.43. The van der Waals surface area contributed by atoms with Crippen molar-refractivity contribution in [2.75, 3.05) is 6.54 Å². The van der Waals surface area contributed by atoms with Crippen molar-refractivity contribution in [1.82, 2.24) is 0 Å². The summed E-state index contributed by atoms with van der Waals surface area (Å²) < 4.78 is 1.27. The first-order valence-electron chi connectivity index (χ1n) is 6.07. The van der Waals surface area contributed by atoms with Crippen LogP contribution in [0.15, 0.2) is 15.9 Å². The molecule has 1 aromatic rings. The summed E-state index contributed by atoms with van der Waals surface area (Å²) in [5, 5.41) is 2.16. The normalized spacial score (nSPS) is 30.6. The highest BCUT2D eigenvalue weighted by atomic mass is 79.9. The lowest BCUT2D eigenvalue weighted by Crippen LogP contribution is -2.37. The molecule has 0 amide bonds. The van der Waals surface area contributed by atoms with Gasteiger partial charge in [0.2, 0.25) is 0 Å². The molecule has 16 heavy (non-hydrogen) atoms. The molecule has 1 aromatic heterocycles. The van der Waals surface area contributed by atoms with E-state index in [1.807, 2.05) is 11.3 Å². The molecule has 1 fully saturated rings. The van der Waals surface area contributed by atoms with Gasteiger partial charge in [-0.3, -0.25) is 0 Å². The topological polar surface area (TPSA) is 26.0 Å². The Morgan fingerprint density at radius 2 is 2.44 bits per heavy atom. The molecule has 0 saturated heterocycles. The van der Waals surface area contributed by atoms with E-state index in [0.717, 1.165) is 18.9 Å². The van der Waals surface area contributed by atoms with Crippen LogP contribution in [0.25, 0.3) is 0 Å². The van der Waals surface area contributed by atoms with Crippen molar-refractivity contribution in [1.29, 1.82) is 0 Å². The minimum Gasteiger partial charge on any atom is -0.330 e. The van der Waals surface area contributed by atoms with Gasteiger partial charge in [-0.05, 0) is 64.5 Å². The second-order valence-electron chi connectivity index (χ2n) is 5.27. The molecule has 3 heteroatoms. The molecule has 1 heterocycles. The number of hydrogen-bond acceptors (Lipinski definition) is 2. The molecule has 0 bridgehead atoms. The Kier molecular flexibility index (Phi) is 4.09. The van der Waals surface area contributed by atoms with Gasteiger partial charge < -0.3 is 5.73 Å². The van der Waals surface area contributed by atoms with Crippen LogP contribution < -0.4 is 5.73 Å². The van der Waals surface area contributed by atoms with E-state index in [2.05, 4.69) is 34.3 Å². The average Bonchev–Trinajstić information content (AvgIpc) is 2.64. The number of nitrogens with two attached hydrogens (primary N) is 1. The summed E-state index contributed by atoms with van der Waals surface area (Å²) in [6, 6.07) is 2.15. The molecule has 1 nitrogen and oxygen atoms in total. The summed E-state index contributed by atoms with van der Waals surface area (Å²) in [6.45, 7) is 3.20. The van der Waals surface area contributed by atoms with E-state index in [1.54, 1.807) is 0 Å². The first-order chi connectivity index (χ1) is 7.65. The molecule has 2 unspecified atom stereocenters. The number of thiophene rings is 1. The lowest BCUT2D eigenvalue weighted by atomic mass is 9.68. The van der Waals surface area contributed by atoms with Gasteiger partial charge in [-0.2, -0.15) is 0 Å². The summed E-state index contributed by atoms with van der Waals surface area (Å²) in [7, 11) is 0. The van der Waals surface area contributed by atoms with Crippen LogP contribution in [0.4, 0.5) is 0 Å². The van der Waals surface area contributed by atoms with Crippen LogP contribution in [-0.2, 0) is 6.42 Å². The van der Waals surface area contributed by atoms with E-state index in [1.165, 1.54) is 35.0 Å². The Morgan fingerprint density at radius 1 is 1.62 bits per heavy atom. The molecule has 2 rings (SSSR count). The second kappa shape index (κ2) is 5.19. The van der Waals surface area contributed by atoms with Crippen LogP contribution in [0.3, 0.4) is 0 Å². The van der Waals surface area contributed by atoms with Gasteiger partial charge in [-0.1, -0.05) is 19.8 Å². The van der Waals surface area contributed by atoms with Crippen molar-refractivity contribution in [3.05, 3.63) is 20.8 Å². The minimum absolute atomic E-state index is 0.366. The van der Waals surface area contributed by atoms with Crippen LogP contribution in [0, 0.1) is 11.3 Å². The molecule has 0 radical (unpaired) electrons. The Labute approximate surface area is 111 Å². The van der Waals surface area contributed by atoms with Gasteiger partial charge in [0.05, 0.1) is 0 Å². The van der Waals surface area contributed by atoms with Gasteiger partial charge in [0.1, 0.15) is 0 Å². The molecule has 0 aromatic carbocycles. The molecular formula is C13H20BrNS. The van der Waals surface area contributed by atoms with Crippen molar-refractivity contribution in [3.8, 4) is 0 Å². The zero-order valence-electron chi connectivity index (χ0n) is 9.84. The third-order valence-electron chi connectivity index (χ3n) is 3.85. The third-order valence-corrected chi connectivity index (χ3v) is 5.77. The zero-order chi connectivity index (χ0) is 11.6. The maximum absolute atomic E-state index is 6.06. The molecule has 90 valence electrons. The highest BCUT2D eigenvalue weighted by molar-refractivity contribution is 9.10. The second-order valence-corrected chi connectivity index (χ2v) is 7.13. The smallest absolute Gasteiger partial charge is 0.0314 e. The molecule has 1 aliphatic rings. The Morgan fingerprint density at radius 3 is 3.00 bits per heavy atom. The fourth-order valence-corrected chi connectivity index (χ4v) is 4.65. The third kappa shape index (κ3) is 2.69. The molecule has 2 atom stereocenters. The van der Waals surface area contributed by atoms with E-state index in [4.69, 9.17) is 5.73 Å². The standard InChI is InChI=1S/C13H20BrNS/c1-10-3-2-5-13(7-10,9-15)8-12-11(14)4-6-16-12/h4,6,10H,2-3,5,7-9,15H2,1H3. The first-order valence-corrected chi connectivity index (χ1v) is 7.74. The van der Waals surface area contributed by atoms with Gasteiger partial charge in [0.15, 0.2) is 0 Å². The summed E-state index contributed by atoms with van der Waals surface area (Å²) in [5.41, 5.74) is 6.42. The van der Waals surface area contributed by atoms with Crippen molar-refractivity contribution in [2.24, 2.45) is 17.1 Å². The van der Waals surface area contributed by atoms with Crippen LogP contribution in [0.1, 0.15) is 37.5 Å². The number of halogens is 1. The summed E-state index contributed by atoms with van der Waals surface area (Å²) >= 11 is 5.49. The fourth-order valence-electron chi connectivity index (χ4n) is 2.98. The predicted octanol–water partition coefficient (Wildman–Crippen LogP) is 4.21. The largest absolute Gasteiger partial charge is 0.330 e. The molecular weight excluding hydrogens is 282 g/mol. The maximum atomic E-state index is 6.06. The Bertz CT molecular complexity index is 349. The van der Waals surface area contributed by atoms with Crippen molar-refractivity contribution in [2.45, 2.75) is 39.0 Å². The van der Waals surface area contributed by atoms with Gasteiger partial charge in [0.25, 0.3) is 0 Å². The summed E-state index contributed by atoms with van der Waals surface area (Å²) in [5.74, 6) is 0.844. The van der Waals surface area contributed by atoms with Crippen molar-refractivity contribution >= 4 is 27.3 Å². The summed E-state index contributed by atoms with van der Waals surface area (Å²) in [4.78, 5) is 1.47. The lowest BCUT2D eigenvalue weighted by Gasteiger charge is -2.39. The molecule has 1 aliphatic carbocycles. The summed E-state index contributed by atoms with van der Waals surface area (Å²) in [6.07, 6.45) is 6.49. The minimum atomic E-state index is 0.366. The molecule has 0 spiro atoms. The molecule has 0 aliphatic heterocycles. The average molecular weight is 302 g/mol. The Hall–Kier alpha value is 0.140. The van der Waals surface area contributed by atoms with E-state index >= 15 is 0 Å². The van der Waals surface area contributed by atoms with E-state index in [0.29, 0.717) is 5.41 Å². The lowest BCUT2D eigenvalue weighted by molar-refractivity contribution is 0.154. The van der Waals surface area contributed by atoms with Crippen molar-refractivity contribution < 1.29 is 0 Å². The van der Waals surface area contributed by atoms with Gasteiger partial charge in [-0.25, -0.2) is 0 Å². The van der Waals surface area contributed by atoms with Crippen LogP contribution in [-0.4, -0.2) is 6.54 Å². The predicted molar refractivity (Wildman–Crippen MR) is 74.8 cm³/mol. The number of hydrogen-bond donors (Lipinski definition) is 1. The SMILES string of the molecule is CC1CCCC(CN)(Cc2sccc2Br)C1. The van der Waals surface area contributed by atoms with Crippen LogP contribution in [0.2, 0.25) is 0 Å². The van der Waals surface area contributed by atoms with Crippen LogP contribution >= 0.6 is 27.3 Å². The fraction of sp³-hybridized carbons (Fsp3) is 0.692. The van der Waals surface area contributed by atoms with Gasteiger partial charge in [-0.15, -0.1) is 11.3 Å². The molecule has 1 saturated carbocycles. The first kappa shape index (κ1) is 12.6. The van der Waals surface area contributed by atoms with Gasteiger partial charge in [0, 0.05) is 9.35 Å². The number of rotatable bonds is 3. The highest BCUT2D eigenvalue weighted by Gasteiger charge is 2.34. The van der Waals surface area contributed by atoms with Crippen LogP contribution in [0.5, 0.6) is 0 Å². The zero-order valence-corrected chi connectivity index (χ0v) is 12.2.